The fourth-order valence-electron chi connectivity index (χ4n) is 4.96. The summed E-state index contributed by atoms with van der Waals surface area (Å²) >= 11 is 0. The van der Waals surface area contributed by atoms with E-state index < -0.39 is 35.7 Å². The largest absolute Gasteiger partial charge is 0.497 e. The van der Waals surface area contributed by atoms with Crippen molar-refractivity contribution in [3.05, 3.63) is 71.2 Å². The van der Waals surface area contributed by atoms with Crippen LogP contribution in [0.15, 0.2) is 48.5 Å². The number of ether oxygens (including phenoxy) is 3. The van der Waals surface area contributed by atoms with Crippen molar-refractivity contribution in [1.82, 2.24) is 4.98 Å². The Labute approximate surface area is 216 Å². The molecule has 2 heterocycles. The van der Waals surface area contributed by atoms with Crippen LogP contribution in [0.2, 0.25) is 0 Å². The number of alkyl halides is 3. The quantitative estimate of drug-likeness (QED) is 0.345. The Hall–Kier alpha value is -3.82. The normalized spacial score (nSPS) is 18.5. The van der Waals surface area contributed by atoms with Gasteiger partial charge in [0.1, 0.15) is 18.2 Å². The molecule has 2 unspecified atom stereocenters. The number of methoxy groups -OCH3 is 1. The monoisotopic (exact) mass is 531 g/mol. The number of nitrogens with zero attached hydrogens (tertiary/aromatic N) is 1. The smallest absolute Gasteiger partial charge is 0.433 e. The molecule has 1 saturated carbocycles. The molecule has 3 aromatic rings. The van der Waals surface area contributed by atoms with Crippen molar-refractivity contribution in [3.8, 4) is 28.5 Å². The second kappa shape index (κ2) is 9.81. The molecule has 38 heavy (non-hydrogen) atoms. The van der Waals surface area contributed by atoms with Crippen molar-refractivity contribution in [2.24, 2.45) is 11.8 Å². The molecule has 1 fully saturated rings. The summed E-state index contributed by atoms with van der Waals surface area (Å²) in [4.78, 5) is 15.5. The van der Waals surface area contributed by atoms with Crippen LogP contribution in [0, 0.1) is 17.7 Å². The number of carboxylic acids is 1. The highest BCUT2D eigenvalue weighted by Crippen LogP contribution is 2.49. The Morgan fingerprint density at radius 2 is 1.87 bits per heavy atom. The molecule has 5 rings (SSSR count). The van der Waals surface area contributed by atoms with Crippen LogP contribution in [0.4, 0.5) is 17.6 Å². The highest BCUT2D eigenvalue weighted by atomic mass is 19.4. The van der Waals surface area contributed by atoms with Crippen LogP contribution in [0.3, 0.4) is 0 Å². The topological polar surface area (TPSA) is 77.9 Å². The number of aliphatic carboxylic acids is 1. The third kappa shape index (κ3) is 4.99. The lowest BCUT2D eigenvalue weighted by molar-refractivity contribution is -0.143. The van der Waals surface area contributed by atoms with Gasteiger partial charge in [-0.1, -0.05) is 19.1 Å². The number of fused-ring (bicyclic) bond motifs is 1. The first-order valence-corrected chi connectivity index (χ1v) is 12.1. The molecule has 6 nitrogen and oxygen atoms in total. The molecule has 1 aliphatic carbocycles. The summed E-state index contributed by atoms with van der Waals surface area (Å²) in [5, 5.41) is 9.58. The lowest BCUT2D eigenvalue weighted by Gasteiger charge is -2.30. The summed E-state index contributed by atoms with van der Waals surface area (Å²) in [6.45, 7) is 1.46. The first-order chi connectivity index (χ1) is 18.1. The molecule has 2 aliphatic rings. The zero-order chi connectivity index (χ0) is 27.2. The second-order valence-electron chi connectivity index (χ2n) is 9.59. The van der Waals surface area contributed by atoms with E-state index in [0.29, 0.717) is 5.75 Å². The first-order valence-electron chi connectivity index (χ1n) is 12.1. The maximum Gasteiger partial charge on any atom is 0.433 e. The zero-order valence-corrected chi connectivity index (χ0v) is 20.6. The molecule has 0 spiro atoms. The van der Waals surface area contributed by atoms with E-state index in [1.54, 1.807) is 25.1 Å². The van der Waals surface area contributed by atoms with Crippen molar-refractivity contribution in [3.63, 3.8) is 0 Å². The average molecular weight is 532 g/mol. The predicted molar refractivity (Wildman–Crippen MR) is 129 cm³/mol. The minimum atomic E-state index is -4.85. The summed E-state index contributed by atoms with van der Waals surface area (Å²) in [6, 6.07) is 11.4. The maximum absolute atomic E-state index is 14.5. The fraction of sp³-hybridized carbons (Fsp3) is 0.357. The number of carbonyl (C=O) groups is 1. The number of halogens is 4. The Balaban J connectivity index is 1.49. The molecule has 0 bridgehead atoms. The van der Waals surface area contributed by atoms with E-state index in [4.69, 9.17) is 14.2 Å². The fourth-order valence-corrected chi connectivity index (χ4v) is 4.96. The molecule has 1 aliphatic heterocycles. The summed E-state index contributed by atoms with van der Waals surface area (Å²) in [5.74, 6) is -1.43. The molecule has 10 heteroatoms. The maximum atomic E-state index is 14.5. The molecule has 1 aromatic heterocycles. The standard InChI is InChI=1S/C28H25F4NO5/c1-14(27(34)35)25(15-3-4-15)16-5-10-22-23(11-16)38-24(13-37-22)18-7-9-21(33-26(18)28(30,31)32)19-12-17(36-2)6-8-20(19)29/h5-12,14-15,24-25H,3-4,13H2,1-2H3,(H,34,35)/t14?,24-,25?/m0/s1. The number of aromatic nitrogens is 1. The average Bonchev–Trinajstić information content (AvgIpc) is 3.73. The van der Waals surface area contributed by atoms with Crippen molar-refractivity contribution < 1.29 is 41.7 Å². The van der Waals surface area contributed by atoms with E-state index in [9.17, 15) is 27.5 Å². The van der Waals surface area contributed by atoms with E-state index in [2.05, 4.69) is 4.98 Å². The van der Waals surface area contributed by atoms with Gasteiger partial charge in [0, 0.05) is 11.1 Å². The number of benzene rings is 2. The molecule has 0 amide bonds. The third-order valence-electron chi connectivity index (χ3n) is 7.06. The summed E-state index contributed by atoms with van der Waals surface area (Å²) in [7, 11) is 1.37. The van der Waals surface area contributed by atoms with Crippen molar-refractivity contribution in [2.45, 2.75) is 38.0 Å². The van der Waals surface area contributed by atoms with Gasteiger partial charge >= 0.3 is 12.1 Å². The number of hydrogen-bond acceptors (Lipinski definition) is 5. The molecule has 200 valence electrons. The van der Waals surface area contributed by atoms with Crippen molar-refractivity contribution in [2.75, 3.05) is 13.7 Å². The van der Waals surface area contributed by atoms with Crippen molar-refractivity contribution in [1.29, 1.82) is 0 Å². The van der Waals surface area contributed by atoms with Gasteiger partial charge in [0.15, 0.2) is 23.3 Å². The van der Waals surface area contributed by atoms with Crippen LogP contribution in [-0.2, 0) is 11.0 Å². The molecular weight excluding hydrogens is 506 g/mol. The molecule has 3 atom stereocenters. The SMILES string of the molecule is COc1ccc(F)c(-c2ccc([C@@H]3COc4ccc(C(C5CC5)C(C)C(=O)O)cc4O3)c(C(F)(F)F)n2)c1. The minimum absolute atomic E-state index is 0.129. The highest BCUT2D eigenvalue weighted by molar-refractivity contribution is 5.71. The number of carboxylic acid groups (broad SMARTS) is 1. The van der Waals surface area contributed by atoms with Gasteiger partial charge in [-0.15, -0.1) is 0 Å². The van der Waals surface area contributed by atoms with Gasteiger partial charge in [-0.3, -0.25) is 4.79 Å². The van der Waals surface area contributed by atoms with E-state index >= 15 is 0 Å². The lowest BCUT2D eigenvalue weighted by Crippen LogP contribution is -2.26. The highest BCUT2D eigenvalue weighted by Gasteiger charge is 2.41. The van der Waals surface area contributed by atoms with Gasteiger partial charge in [0.2, 0.25) is 0 Å². The summed E-state index contributed by atoms with van der Waals surface area (Å²) < 4.78 is 73.6. The van der Waals surface area contributed by atoms with Crippen LogP contribution >= 0.6 is 0 Å². The zero-order valence-electron chi connectivity index (χ0n) is 20.6. The van der Waals surface area contributed by atoms with Crippen LogP contribution in [-0.4, -0.2) is 29.8 Å². The van der Waals surface area contributed by atoms with Crippen LogP contribution in [0.5, 0.6) is 17.2 Å². The Bertz CT molecular complexity index is 1370. The van der Waals surface area contributed by atoms with E-state index in [1.165, 1.54) is 31.4 Å². The Kier molecular flexibility index (Phi) is 6.66. The number of rotatable bonds is 7. The van der Waals surface area contributed by atoms with E-state index in [1.807, 2.05) is 0 Å². The Morgan fingerprint density at radius 3 is 2.53 bits per heavy atom. The van der Waals surface area contributed by atoms with Gasteiger partial charge in [-0.05, 0) is 66.6 Å². The van der Waals surface area contributed by atoms with Crippen LogP contribution < -0.4 is 14.2 Å². The molecule has 0 saturated heterocycles. The van der Waals surface area contributed by atoms with Gasteiger partial charge in [-0.25, -0.2) is 9.37 Å². The number of hydrogen-bond donors (Lipinski definition) is 1. The minimum Gasteiger partial charge on any atom is -0.497 e. The van der Waals surface area contributed by atoms with E-state index in [-0.39, 0.29) is 46.8 Å². The van der Waals surface area contributed by atoms with Crippen LogP contribution in [0.1, 0.15) is 48.6 Å². The first kappa shape index (κ1) is 25.8. The van der Waals surface area contributed by atoms with Gasteiger partial charge in [-0.2, -0.15) is 13.2 Å². The molecule has 0 radical (unpaired) electrons. The van der Waals surface area contributed by atoms with Crippen molar-refractivity contribution >= 4 is 5.97 Å². The van der Waals surface area contributed by atoms with Gasteiger partial charge < -0.3 is 19.3 Å². The van der Waals surface area contributed by atoms with E-state index in [0.717, 1.165) is 24.5 Å². The van der Waals surface area contributed by atoms with Gasteiger partial charge in [0.25, 0.3) is 0 Å². The summed E-state index contributed by atoms with van der Waals surface area (Å²) in [5.41, 5.74) is -1.05. The molecular formula is C28H25F4NO5. The second-order valence-corrected chi connectivity index (χ2v) is 9.59. The number of pyridine rings is 1. The molecule has 2 aromatic carbocycles. The lowest BCUT2D eigenvalue weighted by atomic mass is 9.83. The third-order valence-corrected chi connectivity index (χ3v) is 7.06. The van der Waals surface area contributed by atoms with Crippen LogP contribution in [0.25, 0.3) is 11.3 Å². The molecule has 1 N–H and O–H groups in total. The Morgan fingerprint density at radius 1 is 1.11 bits per heavy atom. The predicted octanol–water partition coefficient (Wildman–Crippen LogP) is 6.64. The van der Waals surface area contributed by atoms with Gasteiger partial charge in [0.05, 0.1) is 18.7 Å². The summed E-state index contributed by atoms with van der Waals surface area (Å²) in [6.07, 6.45) is -4.15.